The molecule has 0 saturated carbocycles. The van der Waals surface area contributed by atoms with Gasteiger partial charge in [0.1, 0.15) is 24.9 Å². The van der Waals surface area contributed by atoms with Crippen LogP contribution in [0.15, 0.2) is 30.7 Å². The summed E-state index contributed by atoms with van der Waals surface area (Å²) in [6.45, 7) is 0.326. The van der Waals surface area contributed by atoms with Crippen LogP contribution in [0.2, 0.25) is 0 Å². The lowest BCUT2D eigenvalue weighted by molar-refractivity contribution is 0.0696. The number of hydrogen-bond donors (Lipinski definition) is 1. The predicted molar refractivity (Wildman–Crippen MR) is 48.0 cm³/mol. The lowest BCUT2D eigenvalue weighted by Gasteiger charge is -2.05. The molecule has 0 saturated heterocycles. The molecule has 0 atom stereocenters. The van der Waals surface area contributed by atoms with E-state index in [1.54, 1.807) is 12.1 Å². The van der Waals surface area contributed by atoms with Crippen LogP contribution in [0.25, 0.3) is 0 Å². The Balaban J connectivity index is 2.40. The number of benzene rings is 1. The maximum atomic E-state index is 10.7. The summed E-state index contributed by atoms with van der Waals surface area (Å²) in [5.41, 5.74) is 0.966. The Labute approximate surface area is 80.4 Å². The van der Waals surface area contributed by atoms with Gasteiger partial charge in [-0.05, 0) is 18.2 Å². The molecule has 1 aromatic rings. The summed E-state index contributed by atoms with van der Waals surface area (Å²) in [6, 6.07) is 4.67. The number of fused-ring (bicyclic) bond motifs is 1. The first-order valence-electron chi connectivity index (χ1n) is 4.07. The standard InChI is InChI=1S/C10H8O4/c11-10(12)7-1-2-9-8(5-7)6-13-3-4-14-9/h1-5H,6H2,(H,11,12). The van der Waals surface area contributed by atoms with Crippen LogP contribution in [0, 0.1) is 0 Å². The topological polar surface area (TPSA) is 55.8 Å². The molecule has 14 heavy (non-hydrogen) atoms. The lowest BCUT2D eigenvalue weighted by atomic mass is 10.1. The second-order valence-electron chi connectivity index (χ2n) is 2.83. The zero-order valence-corrected chi connectivity index (χ0v) is 7.27. The van der Waals surface area contributed by atoms with Crippen LogP contribution in [0.1, 0.15) is 15.9 Å². The fraction of sp³-hybridized carbons (Fsp3) is 0.100. The van der Waals surface area contributed by atoms with Crippen molar-refractivity contribution in [1.82, 2.24) is 0 Å². The minimum absolute atomic E-state index is 0.234. The minimum Gasteiger partial charge on any atom is -0.493 e. The van der Waals surface area contributed by atoms with Crippen molar-refractivity contribution in [1.29, 1.82) is 0 Å². The Morgan fingerprint density at radius 1 is 1.36 bits per heavy atom. The van der Waals surface area contributed by atoms with Gasteiger partial charge in [-0.2, -0.15) is 0 Å². The summed E-state index contributed by atoms with van der Waals surface area (Å²) in [7, 11) is 0. The van der Waals surface area contributed by atoms with E-state index in [0.717, 1.165) is 5.56 Å². The number of aromatic carboxylic acids is 1. The van der Waals surface area contributed by atoms with E-state index in [9.17, 15) is 4.79 Å². The van der Waals surface area contributed by atoms with Crippen LogP contribution >= 0.6 is 0 Å². The van der Waals surface area contributed by atoms with Crippen molar-refractivity contribution in [3.8, 4) is 5.75 Å². The van der Waals surface area contributed by atoms with Gasteiger partial charge < -0.3 is 14.6 Å². The van der Waals surface area contributed by atoms with Gasteiger partial charge >= 0.3 is 5.97 Å². The highest BCUT2D eigenvalue weighted by atomic mass is 16.5. The highest BCUT2D eigenvalue weighted by Crippen LogP contribution is 2.23. The van der Waals surface area contributed by atoms with E-state index in [1.807, 2.05) is 0 Å². The molecule has 72 valence electrons. The third-order valence-corrected chi connectivity index (χ3v) is 1.89. The van der Waals surface area contributed by atoms with Crippen molar-refractivity contribution in [2.75, 3.05) is 0 Å². The number of ether oxygens (including phenoxy) is 2. The number of carboxylic acid groups (broad SMARTS) is 1. The fourth-order valence-corrected chi connectivity index (χ4v) is 1.22. The second kappa shape index (κ2) is 3.41. The average molecular weight is 192 g/mol. The molecular formula is C10H8O4. The third kappa shape index (κ3) is 1.54. The monoisotopic (exact) mass is 192 g/mol. The molecule has 0 amide bonds. The summed E-state index contributed by atoms with van der Waals surface area (Å²) < 4.78 is 10.2. The van der Waals surface area contributed by atoms with Gasteiger partial charge in [0.15, 0.2) is 0 Å². The maximum Gasteiger partial charge on any atom is 0.335 e. The Morgan fingerprint density at radius 3 is 3.00 bits per heavy atom. The van der Waals surface area contributed by atoms with Gasteiger partial charge in [0, 0.05) is 5.56 Å². The molecule has 0 aromatic heterocycles. The summed E-state index contributed by atoms with van der Waals surface area (Å²) in [6.07, 6.45) is 2.85. The highest BCUT2D eigenvalue weighted by Gasteiger charge is 2.10. The van der Waals surface area contributed by atoms with E-state index in [2.05, 4.69) is 0 Å². The molecule has 4 heteroatoms. The van der Waals surface area contributed by atoms with Gasteiger partial charge in [-0.25, -0.2) is 4.79 Å². The Kier molecular flexibility index (Phi) is 2.10. The average Bonchev–Trinajstić information content (AvgIpc) is 2.41. The molecule has 0 aliphatic carbocycles. The Bertz CT molecular complexity index is 395. The number of carbonyl (C=O) groups is 1. The quantitative estimate of drug-likeness (QED) is 0.736. The van der Waals surface area contributed by atoms with Gasteiger partial charge in [0.2, 0.25) is 0 Å². The van der Waals surface area contributed by atoms with E-state index >= 15 is 0 Å². The normalized spacial score (nSPS) is 13.4. The van der Waals surface area contributed by atoms with E-state index in [0.29, 0.717) is 12.4 Å². The fourth-order valence-electron chi connectivity index (χ4n) is 1.22. The summed E-state index contributed by atoms with van der Waals surface area (Å²) in [5.74, 6) is -0.325. The van der Waals surface area contributed by atoms with Gasteiger partial charge in [0.25, 0.3) is 0 Å². The Hall–Kier alpha value is -1.97. The zero-order valence-electron chi connectivity index (χ0n) is 7.27. The predicted octanol–water partition coefficient (Wildman–Crippen LogP) is 1.76. The van der Waals surface area contributed by atoms with Crippen LogP contribution in [0.3, 0.4) is 0 Å². The first-order valence-corrected chi connectivity index (χ1v) is 4.07. The largest absolute Gasteiger partial charge is 0.493 e. The molecule has 4 nitrogen and oxygen atoms in total. The second-order valence-corrected chi connectivity index (χ2v) is 2.83. The van der Waals surface area contributed by atoms with Gasteiger partial charge in [0.05, 0.1) is 5.56 Å². The van der Waals surface area contributed by atoms with Crippen LogP contribution in [0.4, 0.5) is 0 Å². The van der Waals surface area contributed by atoms with Crippen LogP contribution in [-0.2, 0) is 11.3 Å². The van der Waals surface area contributed by atoms with Crippen LogP contribution in [-0.4, -0.2) is 11.1 Å². The molecule has 0 radical (unpaired) electrons. The van der Waals surface area contributed by atoms with Gasteiger partial charge in [-0.1, -0.05) is 0 Å². The molecule has 1 aromatic carbocycles. The molecule has 2 rings (SSSR count). The third-order valence-electron chi connectivity index (χ3n) is 1.89. The highest BCUT2D eigenvalue weighted by molar-refractivity contribution is 5.88. The number of rotatable bonds is 1. The smallest absolute Gasteiger partial charge is 0.335 e. The Morgan fingerprint density at radius 2 is 2.21 bits per heavy atom. The lowest BCUT2D eigenvalue weighted by Crippen LogP contribution is -1.98. The molecule has 1 aliphatic rings. The summed E-state index contributed by atoms with van der Waals surface area (Å²) in [4.78, 5) is 10.7. The van der Waals surface area contributed by atoms with Crippen molar-refractivity contribution in [2.24, 2.45) is 0 Å². The van der Waals surface area contributed by atoms with Crippen molar-refractivity contribution in [3.63, 3.8) is 0 Å². The molecular weight excluding hydrogens is 184 g/mol. The maximum absolute atomic E-state index is 10.7. The molecule has 0 spiro atoms. The van der Waals surface area contributed by atoms with E-state index in [4.69, 9.17) is 14.6 Å². The molecule has 1 heterocycles. The molecule has 1 aliphatic heterocycles. The van der Waals surface area contributed by atoms with Crippen LogP contribution in [0.5, 0.6) is 5.75 Å². The number of carboxylic acids is 1. The van der Waals surface area contributed by atoms with E-state index in [-0.39, 0.29) is 5.56 Å². The molecule has 0 unspecified atom stereocenters. The number of hydrogen-bond acceptors (Lipinski definition) is 3. The van der Waals surface area contributed by atoms with E-state index < -0.39 is 5.97 Å². The van der Waals surface area contributed by atoms with Crippen molar-refractivity contribution < 1.29 is 19.4 Å². The first kappa shape index (κ1) is 8.62. The van der Waals surface area contributed by atoms with Crippen LogP contribution < -0.4 is 4.74 Å². The van der Waals surface area contributed by atoms with E-state index in [1.165, 1.54) is 18.6 Å². The molecule has 0 fully saturated rings. The molecule has 0 bridgehead atoms. The molecule has 1 N–H and O–H groups in total. The first-order chi connectivity index (χ1) is 6.77. The summed E-state index contributed by atoms with van der Waals surface area (Å²) in [5, 5.41) is 8.76. The summed E-state index contributed by atoms with van der Waals surface area (Å²) >= 11 is 0. The van der Waals surface area contributed by atoms with Gasteiger partial charge in [-0.3, -0.25) is 0 Å². The zero-order chi connectivity index (χ0) is 9.97. The van der Waals surface area contributed by atoms with Crippen molar-refractivity contribution >= 4 is 5.97 Å². The SMILES string of the molecule is O=C(O)c1ccc2c(c1)COC=CO2. The van der Waals surface area contributed by atoms with Crippen molar-refractivity contribution in [3.05, 3.63) is 41.9 Å². The minimum atomic E-state index is -0.954. The van der Waals surface area contributed by atoms with Crippen molar-refractivity contribution in [2.45, 2.75) is 6.61 Å². The van der Waals surface area contributed by atoms with Gasteiger partial charge in [-0.15, -0.1) is 0 Å².